The van der Waals surface area contributed by atoms with Crippen LogP contribution in [0.3, 0.4) is 0 Å². The number of carbonyl (C=O) groups is 2. The molecule has 0 radical (unpaired) electrons. The molecule has 3 heterocycles. The van der Waals surface area contributed by atoms with E-state index in [0.717, 1.165) is 5.39 Å². The predicted octanol–water partition coefficient (Wildman–Crippen LogP) is 2.91. The van der Waals surface area contributed by atoms with Gasteiger partial charge in [-0.05, 0) is 42.5 Å². The van der Waals surface area contributed by atoms with Crippen molar-refractivity contribution in [3.8, 4) is 0 Å². The average molecular weight is 423 g/mol. The summed E-state index contributed by atoms with van der Waals surface area (Å²) in [4.78, 5) is 37.0. The summed E-state index contributed by atoms with van der Waals surface area (Å²) in [6.45, 7) is -0.200. The maximum atomic E-state index is 13.2. The van der Waals surface area contributed by atoms with E-state index in [9.17, 15) is 14.0 Å². The van der Waals surface area contributed by atoms with Crippen molar-refractivity contribution in [2.75, 3.05) is 13.2 Å². The fraction of sp³-hybridized carbons (Fsp3) is 0.182. The second-order valence-corrected chi connectivity index (χ2v) is 6.72. The molecule has 0 saturated carbocycles. The molecule has 1 aliphatic rings. The number of aliphatic imine (C=N–C) groups is 1. The van der Waals surface area contributed by atoms with Crippen LogP contribution in [0, 0.1) is 11.7 Å². The van der Waals surface area contributed by atoms with Crippen LogP contribution in [0.5, 0.6) is 0 Å². The number of rotatable bonds is 6. The summed E-state index contributed by atoms with van der Waals surface area (Å²) in [5.41, 5.74) is 1.61. The fourth-order valence-electron chi connectivity index (χ4n) is 3.07. The zero-order valence-electron chi connectivity index (χ0n) is 16.2. The fourth-order valence-corrected chi connectivity index (χ4v) is 3.07. The molecule has 1 unspecified atom stereocenters. The summed E-state index contributed by atoms with van der Waals surface area (Å²) in [6, 6.07) is 8.81. The number of nitrogens with one attached hydrogen (secondary N) is 1. The van der Waals surface area contributed by atoms with Gasteiger partial charge in [-0.3, -0.25) is 9.59 Å². The highest BCUT2D eigenvalue weighted by atomic mass is 19.1. The van der Waals surface area contributed by atoms with Gasteiger partial charge in [-0.1, -0.05) is 0 Å². The Morgan fingerprint density at radius 1 is 1.32 bits per heavy atom. The van der Waals surface area contributed by atoms with E-state index in [0.29, 0.717) is 16.9 Å². The molecule has 31 heavy (non-hydrogen) atoms. The molecule has 1 saturated heterocycles. The minimum Gasteiger partial charge on any atom is -0.465 e. The molecule has 1 aliphatic heterocycles. The monoisotopic (exact) mass is 423 g/mol. The van der Waals surface area contributed by atoms with Gasteiger partial charge < -0.3 is 19.6 Å². The van der Waals surface area contributed by atoms with Crippen LogP contribution in [0.2, 0.25) is 0 Å². The number of ether oxygens (including phenoxy) is 2. The SMILES string of the molecule is O=C(OCCCO)C1C(=O)/C(=C/c2c[nH]c3ncccc23)OC1=Nc1ccc(F)cc1. The molecule has 1 fully saturated rings. The van der Waals surface area contributed by atoms with Gasteiger partial charge in [0.15, 0.2) is 11.7 Å². The summed E-state index contributed by atoms with van der Waals surface area (Å²) < 4.78 is 23.9. The van der Waals surface area contributed by atoms with Crippen LogP contribution in [-0.4, -0.2) is 45.9 Å². The number of aromatic amines is 1. The highest BCUT2D eigenvalue weighted by molar-refractivity contribution is 6.27. The third kappa shape index (κ3) is 4.36. The van der Waals surface area contributed by atoms with Crippen LogP contribution in [-0.2, 0) is 19.1 Å². The Balaban J connectivity index is 1.69. The Kier molecular flexibility index (Phi) is 5.85. The topological polar surface area (TPSA) is 114 Å². The molecule has 2 N–H and O–H groups in total. The standard InChI is InChI=1S/C22H18FN3O5/c23-14-4-6-15(7-5-14)26-21-18(22(29)30-10-2-9-27)19(28)17(31-21)11-13-12-25-20-16(13)3-1-8-24-20/h1,3-8,11-12,18,27H,2,9-10H2,(H,24,25)/b17-11-,26-21?. The number of carbonyl (C=O) groups excluding carboxylic acids is 2. The van der Waals surface area contributed by atoms with Gasteiger partial charge in [0.1, 0.15) is 11.5 Å². The van der Waals surface area contributed by atoms with Crippen molar-refractivity contribution in [3.05, 3.63) is 65.9 Å². The van der Waals surface area contributed by atoms with Crippen molar-refractivity contribution < 1.29 is 28.6 Å². The van der Waals surface area contributed by atoms with E-state index < -0.39 is 23.5 Å². The number of halogens is 1. The normalized spacial score (nSPS) is 18.6. The van der Waals surface area contributed by atoms with Crippen LogP contribution in [0.1, 0.15) is 12.0 Å². The molecule has 9 heteroatoms. The lowest BCUT2D eigenvalue weighted by Gasteiger charge is -2.07. The minimum absolute atomic E-state index is 0.0455. The summed E-state index contributed by atoms with van der Waals surface area (Å²) in [5.74, 6) is -3.50. The van der Waals surface area contributed by atoms with E-state index in [1.807, 2.05) is 6.07 Å². The number of aliphatic hydroxyl groups excluding tert-OH is 1. The highest BCUT2D eigenvalue weighted by Gasteiger charge is 2.44. The van der Waals surface area contributed by atoms with Crippen LogP contribution in [0.4, 0.5) is 10.1 Å². The van der Waals surface area contributed by atoms with Crippen LogP contribution in [0.25, 0.3) is 17.1 Å². The Bertz CT molecular complexity index is 1180. The molecule has 0 spiro atoms. The van der Waals surface area contributed by atoms with Gasteiger partial charge in [0.25, 0.3) is 0 Å². The number of hydrogen-bond acceptors (Lipinski definition) is 7. The van der Waals surface area contributed by atoms with Crippen molar-refractivity contribution >= 4 is 40.4 Å². The first kappa shape index (κ1) is 20.4. The van der Waals surface area contributed by atoms with Crippen molar-refractivity contribution in [1.82, 2.24) is 9.97 Å². The van der Waals surface area contributed by atoms with Crippen molar-refractivity contribution in [2.24, 2.45) is 10.9 Å². The van der Waals surface area contributed by atoms with Crippen LogP contribution in [0.15, 0.2) is 59.5 Å². The summed E-state index contributed by atoms with van der Waals surface area (Å²) in [7, 11) is 0. The number of allylic oxidation sites excluding steroid dienone is 1. The molecule has 3 aromatic rings. The molecule has 2 aromatic heterocycles. The maximum Gasteiger partial charge on any atom is 0.326 e. The predicted molar refractivity (Wildman–Crippen MR) is 110 cm³/mol. The molecule has 0 aliphatic carbocycles. The molecule has 0 bridgehead atoms. The molecule has 158 valence electrons. The first-order valence-electron chi connectivity index (χ1n) is 9.54. The van der Waals surface area contributed by atoms with Gasteiger partial charge in [0, 0.05) is 36.4 Å². The third-order valence-electron chi connectivity index (χ3n) is 4.58. The van der Waals surface area contributed by atoms with Gasteiger partial charge >= 0.3 is 5.97 Å². The molecular weight excluding hydrogens is 405 g/mol. The number of fused-ring (bicyclic) bond motifs is 1. The molecule has 4 rings (SSSR count). The molecule has 1 aromatic carbocycles. The maximum absolute atomic E-state index is 13.2. The quantitative estimate of drug-likeness (QED) is 0.273. The lowest BCUT2D eigenvalue weighted by molar-refractivity contribution is -0.148. The number of pyridine rings is 1. The molecule has 8 nitrogen and oxygen atoms in total. The van der Waals surface area contributed by atoms with E-state index in [1.165, 1.54) is 30.3 Å². The van der Waals surface area contributed by atoms with Gasteiger partial charge in [-0.25, -0.2) is 14.4 Å². The van der Waals surface area contributed by atoms with Gasteiger partial charge in [-0.15, -0.1) is 0 Å². The highest BCUT2D eigenvalue weighted by Crippen LogP contribution is 2.29. The molecule has 1 atom stereocenters. The first-order valence-corrected chi connectivity index (χ1v) is 9.54. The van der Waals surface area contributed by atoms with Crippen molar-refractivity contribution in [1.29, 1.82) is 0 Å². The lowest BCUT2D eigenvalue weighted by atomic mass is 10.0. The van der Waals surface area contributed by atoms with E-state index >= 15 is 0 Å². The first-order chi connectivity index (χ1) is 15.1. The number of esters is 1. The number of aromatic nitrogens is 2. The second kappa shape index (κ2) is 8.88. The van der Waals surface area contributed by atoms with E-state index in [1.54, 1.807) is 18.5 Å². The molecular formula is C22H18FN3O5. The summed E-state index contributed by atoms with van der Waals surface area (Å²) >= 11 is 0. The lowest BCUT2D eigenvalue weighted by Crippen LogP contribution is -2.28. The molecule has 0 amide bonds. The van der Waals surface area contributed by atoms with Crippen LogP contribution >= 0.6 is 0 Å². The second-order valence-electron chi connectivity index (χ2n) is 6.72. The Morgan fingerprint density at radius 2 is 2.13 bits per heavy atom. The summed E-state index contributed by atoms with van der Waals surface area (Å²) in [5, 5.41) is 9.66. The van der Waals surface area contributed by atoms with E-state index in [-0.39, 0.29) is 31.3 Å². The smallest absolute Gasteiger partial charge is 0.326 e. The number of benzene rings is 1. The van der Waals surface area contributed by atoms with Crippen molar-refractivity contribution in [2.45, 2.75) is 6.42 Å². The van der Waals surface area contributed by atoms with E-state index in [2.05, 4.69) is 15.0 Å². The Morgan fingerprint density at radius 3 is 2.90 bits per heavy atom. The minimum atomic E-state index is -1.39. The number of aliphatic hydroxyl groups is 1. The summed E-state index contributed by atoms with van der Waals surface area (Å²) in [6.07, 6.45) is 5.05. The van der Waals surface area contributed by atoms with Gasteiger partial charge in [0.05, 0.1) is 12.3 Å². The Labute approximate surface area is 176 Å². The zero-order chi connectivity index (χ0) is 21.8. The van der Waals surface area contributed by atoms with E-state index in [4.69, 9.17) is 14.6 Å². The average Bonchev–Trinajstić information content (AvgIpc) is 3.31. The third-order valence-corrected chi connectivity index (χ3v) is 4.58. The number of Topliss-reactive ketones (excluding diaryl/α,β-unsaturated/α-hetero) is 1. The van der Waals surface area contributed by atoms with Crippen LogP contribution < -0.4 is 0 Å². The largest absolute Gasteiger partial charge is 0.465 e. The number of H-pyrrole nitrogens is 1. The zero-order valence-corrected chi connectivity index (χ0v) is 16.2. The number of hydrogen-bond donors (Lipinski definition) is 2. The van der Waals surface area contributed by atoms with Gasteiger partial charge in [-0.2, -0.15) is 0 Å². The number of nitrogens with zero attached hydrogens (tertiary/aromatic N) is 2. The number of ketones is 1. The van der Waals surface area contributed by atoms with Crippen molar-refractivity contribution in [3.63, 3.8) is 0 Å². The van der Waals surface area contributed by atoms with Gasteiger partial charge in [0.2, 0.25) is 11.7 Å². The Hall–Kier alpha value is -3.85.